The van der Waals surface area contributed by atoms with E-state index in [1.54, 1.807) is 24.3 Å². The zero-order chi connectivity index (χ0) is 12.5. The zero-order valence-corrected chi connectivity index (χ0v) is 9.39. The van der Waals surface area contributed by atoms with Crippen LogP contribution < -0.4 is 5.63 Å². The van der Waals surface area contributed by atoms with Crippen molar-refractivity contribution in [3.05, 3.63) is 70.8 Å². The van der Waals surface area contributed by atoms with Crippen molar-refractivity contribution in [3.63, 3.8) is 0 Å². The van der Waals surface area contributed by atoms with Crippen molar-refractivity contribution in [2.24, 2.45) is 0 Å². The van der Waals surface area contributed by atoms with E-state index in [2.05, 4.69) is 0 Å². The lowest BCUT2D eigenvalue weighted by Gasteiger charge is -2.05. The molecule has 0 bridgehead atoms. The number of hydrogen-bond donors (Lipinski definition) is 0. The van der Waals surface area contributed by atoms with Gasteiger partial charge in [0.15, 0.2) is 0 Å². The highest BCUT2D eigenvalue weighted by molar-refractivity contribution is 5.92. The van der Waals surface area contributed by atoms with Crippen molar-refractivity contribution in [2.45, 2.75) is 0 Å². The van der Waals surface area contributed by atoms with Crippen LogP contribution in [0.2, 0.25) is 0 Å². The first-order valence-electron chi connectivity index (χ1n) is 5.53. The summed E-state index contributed by atoms with van der Waals surface area (Å²) in [5.41, 5.74) is 1.41. The molecule has 0 saturated heterocycles. The Bertz CT molecular complexity index is 775. The molecule has 2 aromatic carbocycles. The Kier molecular flexibility index (Phi) is 2.45. The lowest BCUT2D eigenvalue weighted by Crippen LogP contribution is -1.98. The molecular formula is C15H9FO2. The Balaban J connectivity index is 2.38. The fourth-order valence-electron chi connectivity index (χ4n) is 2.01. The van der Waals surface area contributed by atoms with Crippen LogP contribution in [0.25, 0.3) is 22.1 Å². The lowest BCUT2D eigenvalue weighted by molar-refractivity contribution is 0.561. The van der Waals surface area contributed by atoms with Crippen LogP contribution in [-0.2, 0) is 0 Å². The third-order valence-electron chi connectivity index (χ3n) is 2.79. The summed E-state index contributed by atoms with van der Waals surface area (Å²) in [4.78, 5) is 11.5. The number of halogens is 1. The van der Waals surface area contributed by atoms with E-state index < -0.39 is 5.63 Å². The van der Waals surface area contributed by atoms with Gasteiger partial charge in [-0.3, -0.25) is 0 Å². The minimum absolute atomic E-state index is 0.329. The van der Waals surface area contributed by atoms with E-state index in [0.717, 1.165) is 5.39 Å². The molecule has 1 aromatic heterocycles. The fourth-order valence-corrected chi connectivity index (χ4v) is 2.01. The standard InChI is InChI=1S/C15H9FO2/c16-11-5-3-4-10(8-11)13-9-15(17)18-14-7-2-1-6-12(13)14/h1-9H. The highest BCUT2D eigenvalue weighted by Gasteiger charge is 2.07. The Morgan fingerprint density at radius 1 is 0.944 bits per heavy atom. The summed E-state index contributed by atoms with van der Waals surface area (Å²) in [7, 11) is 0. The highest BCUT2D eigenvalue weighted by Crippen LogP contribution is 2.27. The number of hydrogen-bond acceptors (Lipinski definition) is 2. The summed E-state index contributed by atoms with van der Waals surface area (Å²) < 4.78 is 18.4. The number of fused-ring (bicyclic) bond motifs is 1. The quantitative estimate of drug-likeness (QED) is 0.608. The summed E-state index contributed by atoms with van der Waals surface area (Å²) in [5.74, 6) is -0.329. The van der Waals surface area contributed by atoms with Gasteiger partial charge in [0.05, 0.1) is 0 Å². The second-order valence-electron chi connectivity index (χ2n) is 3.99. The molecule has 0 saturated carbocycles. The lowest BCUT2D eigenvalue weighted by atomic mass is 10.0. The minimum Gasteiger partial charge on any atom is -0.423 e. The van der Waals surface area contributed by atoms with Gasteiger partial charge in [0.1, 0.15) is 11.4 Å². The van der Waals surface area contributed by atoms with E-state index in [9.17, 15) is 9.18 Å². The Hall–Kier alpha value is -2.42. The van der Waals surface area contributed by atoms with Gasteiger partial charge in [0, 0.05) is 11.5 Å². The highest BCUT2D eigenvalue weighted by atomic mass is 19.1. The average molecular weight is 240 g/mol. The van der Waals surface area contributed by atoms with Crippen LogP contribution in [0.3, 0.4) is 0 Å². The largest absolute Gasteiger partial charge is 0.423 e. The maximum atomic E-state index is 13.3. The molecule has 0 aliphatic rings. The van der Waals surface area contributed by atoms with Crippen molar-refractivity contribution in [3.8, 4) is 11.1 Å². The van der Waals surface area contributed by atoms with Crippen LogP contribution in [0.5, 0.6) is 0 Å². The van der Waals surface area contributed by atoms with E-state index in [4.69, 9.17) is 4.42 Å². The van der Waals surface area contributed by atoms with E-state index in [-0.39, 0.29) is 5.82 Å². The van der Waals surface area contributed by atoms with E-state index in [1.807, 2.05) is 12.1 Å². The van der Waals surface area contributed by atoms with Gasteiger partial charge >= 0.3 is 5.63 Å². The summed E-state index contributed by atoms with van der Waals surface area (Å²) in [5, 5.41) is 0.794. The maximum absolute atomic E-state index is 13.3. The van der Waals surface area contributed by atoms with Crippen molar-refractivity contribution in [1.29, 1.82) is 0 Å². The number of rotatable bonds is 1. The molecule has 3 aromatic rings. The van der Waals surface area contributed by atoms with E-state index >= 15 is 0 Å². The van der Waals surface area contributed by atoms with Crippen LogP contribution in [-0.4, -0.2) is 0 Å². The molecule has 0 N–H and O–H groups in total. The molecule has 0 spiro atoms. The molecule has 3 rings (SSSR count). The molecule has 3 heteroatoms. The Morgan fingerprint density at radius 3 is 2.61 bits per heavy atom. The third kappa shape index (κ3) is 1.80. The molecule has 2 nitrogen and oxygen atoms in total. The van der Waals surface area contributed by atoms with Gasteiger partial charge < -0.3 is 4.42 Å². The number of benzene rings is 2. The molecule has 18 heavy (non-hydrogen) atoms. The molecule has 0 amide bonds. The first-order chi connectivity index (χ1) is 8.74. The fraction of sp³-hybridized carbons (Fsp3) is 0. The second-order valence-corrected chi connectivity index (χ2v) is 3.99. The minimum atomic E-state index is -0.437. The molecular weight excluding hydrogens is 231 g/mol. The molecule has 0 aliphatic carbocycles. The van der Waals surface area contributed by atoms with Crippen molar-refractivity contribution in [2.75, 3.05) is 0 Å². The van der Waals surface area contributed by atoms with Gasteiger partial charge in [-0.1, -0.05) is 30.3 Å². The van der Waals surface area contributed by atoms with Crippen molar-refractivity contribution in [1.82, 2.24) is 0 Å². The van der Waals surface area contributed by atoms with Gasteiger partial charge in [-0.05, 0) is 29.3 Å². The average Bonchev–Trinajstić information content (AvgIpc) is 2.37. The second kappa shape index (κ2) is 4.11. The van der Waals surface area contributed by atoms with Crippen LogP contribution in [0.15, 0.2) is 63.8 Å². The first kappa shape index (κ1) is 10.7. The van der Waals surface area contributed by atoms with E-state index in [0.29, 0.717) is 16.7 Å². The third-order valence-corrected chi connectivity index (χ3v) is 2.79. The summed E-state index contributed by atoms with van der Waals surface area (Å²) in [6.07, 6.45) is 0. The molecule has 0 radical (unpaired) electrons. The Morgan fingerprint density at radius 2 is 1.78 bits per heavy atom. The van der Waals surface area contributed by atoms with Gasteiger partial charge in [-0.15, -0.1) is 0 Å². The molecule has 0 fully saturated rings. The maximum Gasteiger partial charge on any atom is 0.336 e. The summed E-state index contributed by atoms with van der Waals surface area (Å²) in [6, 6.07) is 14.8. The summed E-state index contributed by atoms with van der Waals surface area (Å²) >= 11 is 0. The predicted molar refractivity (Wildman–Crippen MR) is 67.9 cm³/mol. The van der Waals surface area contributed by atoms with Gasteiger partial charge in [0.2, 0.25) is 0 Å². The predicted octanol–water partition coefficient (Wildman–Crippen LogP) is 3.60. The van der Waals surface area contributed by atoms with E-state index in [1.165, 1.54) is 18.2 Å². The van der Waals surface area contributed by atoms with Crippen LogP contribution in [0.1, 0.15) is 0 Å². The SMILES string of the molecule is O=c1cc(-c2cccc(F)c2)c2ccccc2o1. The summed E-state index contributed by atoms with van der Waals surface area (Å²) in [6.45, 7) is 0. The Labute approximate surface area is 102 Å². The molecule has 0 atom stereocenters. The normalized spacial score (nSPS) is 10.7. The van der Waals surface area contributed by atoms with Crippen LogP contribution in [0.4, 0.5) is 4.39 Å². The number of para-hydroxylation sites is 1. The monoisotopic (exact) mass is 240 g/mol. The van der Waals surface area contributed by atoms with Gasteiger partial charge in [-0.25, -0.2) is 9.18 Å². The molecule has 1 heterocycles. The van der Waals surface area contributed by atoms with Crippen molar-refractivity contribution >= 4 is 11.0 Å². The zero-order valence-electron chi connectivity index (χ0n) is 9.39. The van der Waals surface area contributed by atoms with Gasteiger partial charge in [0.25, 0.3) is 0 Å². The first-order valence-corrected chi connectivity index (χ1v) is 5.53. The van der Waals surface area contributed by atoms with Crippen molar-refractivity contribution < 1.29 is 8.81 Å². The molecule has 88 valence electrons. The smallest absolute Gasteiger partial charge is 0.336 e. The van der Waals surface area contributed by atoms with Crippen LogP contribution in [0, 0.1) is 5.82 Å². The molecule has 0 aliphatic heterocycles. The van der Waals surface area contributed by atoms with Gasteiger partial charge in [-0.2, -0.15) is 0 Å². The van der Waals surface area contributed by atoms with Crippen LogP contribution >= 0.6 is 0 Å². The molecule has 0 unspecified atom stereocenters. The topological polar surface area (TPSA) is 30.2 Å².